The maximum absolute atomic E-state index is 13.6. The lowest BCUT2D eigenvalue weighted by Gasteiger charge is -2.13. The third-order valence-corrected chi connectivity index (χ3v) is 2.61. The highest BCUT2D eigenvalue weighted by atomic mass is 19.1. The molecule has 18 heavy (non-hydrogen) atoms. The van der Waals surface area contributed by atoms with Crippen LogP contribution in [0.3, 0.4) is 0 Å². The Hall–Kier alpha value is -1.94. The summed E-state index contributed by atoms with van der Waals surface area (Å²) in [5, 5.41) is 0. The molecule has 0 saturated carbocycles. The lowest BCUT2D eigenvalue weighted by molar-refractivity contribution is 0.339. The highest BCUT2D eigenvalue weighted by Gasteiger charge is 2.15. The van der Waals surface area contributed by atoms with E-state index in [9.17, 15) is 4.39 Å². The van der Waals surface area contributed by atoms with E-state index in [4.69, 9.17) is 10.5 Å². The first kappa shape index (κ1) is 12.5. The van der Waals surface area contributed by atoms with Gasteiger partial charge in [-0.05, 0) is 36.8 Å². The molecule has 1 aromatic carbocycles. The van der Waals surface area contributed by atoms with Crippen LogP contribution in [-0.4, -0.2) is 11.6 Å². The molecule has 0 amide bonds. The maximum Gasteiger partial charge on any atom is 0.146 e. The van der Waals surface area contributed by atoms with E-state index >= 15 is 0 Å². The van der Waals surface area contributed by atoms with Gasteiger partial charge in [0, 0.05) is 6.20 Å². The molecule has 0 aliphatic rings. The second-order valence-corrected chi connectivity index (χ2v) is 3.85. The molecule has 0 saturated heterocycles. The van der Waals surface area contributed by atoms with Crippen molar-refractivity contribution in [1.82, 2.24) is 4.98 Å². The summed E-state index contributed by atoms with van der Waals surface area (Å²) in [4.78, 5) is 3.99. The molecular weight excluding hydrogens is 231 g/mol. The fourth-order valence-electron chi connectivity index (χ4n) is 1.75. The predicted octanol–water partition coefficient (Wildman–Crippen LogP) is 2.67. The van der Waals surface area contributed by atoms with Crippen LogP contribution in [0.15, 0.2) is 42.6 Å². The average Bonchev–Trinajstić information content (AvgIpc) is 2.39. The molecule has 0 spiro atoms. The van der Waals surface area contributed by atoms with Gasteiger partial charge in [-0.1, -0.05) is 12.1 Å². The molecule has 0 fully saturated rings. The van der Waals surface area contributed by atoms with E-state index < -0.39 is 11.9 Å². The molecule has 1 unspecified atom stereocenters. The highest BCUT2D eigenvalue weighted by molar-refractivity contribution is 5.34. The number of pyridine rings is 1. The van der Waals surface area contributed by atoms with Crippen molar-refractivity contribution >= 4 is 0 Å². The predicted molar refractivity (Wildman–Crippen MR) is 67.8 cm³/mol. The first-order chi connectivity index (χ1) is 8.72. The number of hydrogen-bond acceptors (Lipinski definition) is 3. The lowest BCUT2D eigenvalue weighted by atomic mass is 10.0. The summed E-state index contributed by atoms with van der Waals surface area (Å²) >= 11 is 0. The van der Waals surface area contributed by atoms with E-state index in [2.05, 4.69) is 4.98 Å². The van der Waals surface area contributed by atoms with Gasteiger partial charge in [0.15, 0.2) is 0 Å². The summed E-state index contributed by atoms with van der Waals surface area (Å²) in [7, 11) is 0. The quantitative estimate of drug-likeness (QED) is 0.902. The minimum atomic E-state index is -0.591. The van der Waals surface area contributed by atoms with Crippen molar-refractivity contribution in [2.24, 2.45) is 5.73 Å². The van der Waals surface area contributed by atoms with Crippen LogP contribution in [0.25, 0.3) is 0 Å². The van der Waals surface area contributed by atoms with Crippen molar-refractivity contribution in [3.63, 3.8) is 0 Å². The fourth-order valence-corrected chi connectivity index (χ4v) is 1.75. The van der Waals surface area contributed by atoms with Crippen molar-refractivity contribution < 1.29 is 9.13 Å². The van der Waals surface area contributed by atoms with Crippen LogP contribution in [0, 0.1) is 5.82 Å². The molecule has 0 aliphatic heterocycles. The zero-order chi connectivity index (χ0) is 13.0. The number of benzene rings is 1. The summed E-state index contributed by atoms with van der Waals surface area (Å²) < 4.78 is 19.0. The molecule has 2 rings (SSSR count). The third kappa shape index (κ3) is 2.65. The number of aromatic nitrogens is 1. The average molecular weight is 246 g/mol. The maximum atomic E-state index is 13.6. The van der Waals surface area contributed by atoms with Gasteiger partial charge >= 0.3 is 0 Å². The minimum Gasteiger partial charge on any atom is -0.494 e. The Bertz CT molecular complexity index is 531. The Morgan fingerprint density at radius 1 is 1.33 bits per heavy atom. The van der Waals surface area contributed by atoms with E-state index in [1.165, 1.54) is 12.3 Å². The van der Waals surface area contributed by atoms with E-state index in [0.717, 1.165) is 11.3 Å². The van der Waals surface area contributed by atoms with Crippen molar-refractivity contribution in [3.8, 4) is 5.75 Å². The van der Waals surface area contributed by atoms with Gasteiger partial charge < -0.3 is 10.5 Å². The van der Waals surface area contributed by atoms with Crippen LogP contribution < -0.4 is 10.5 Å². The van der Waals surface area contributed by atoms with Gasteiger partial charge in [0.25, 0.3) is 0 Å². The minimum absolute atomic E-state index is 0.242. The van der Waals surface area contributed by atoms with Crippen LogP contribution >= 0.6 is 0 Å². The van der Waals surface area contributed by atoms with Gasteiger partial charge in [-0.3, -0.25) is 4.98 Å². The molecule has 0 bridgehead atoms. The van der Waals surface area contributed by atoms with Crippen LogP contribution in [0.4, 0.5) is 4.39 Å². The molecule has 0 aliphatic carbocycles. The number of ether oxygens (including phenoxy) is 1. The molecule has 94 valence electrons. The number of nitrogens with zero attached hydrogens (tertiary/aromatic N) is 1. The van der Waals surface area contributed by atoms with Gasteiger partial charge in [0.1, 0.15) is 11.6 Å². The van der Waals surface area contributed by atoms with Gasteiger partial charge in [0.05, 0.1) is 18.3 Å². The number of halogens is 1. The van der Waals surface area contributed by atoms with Crippen LogP contribution in [0.2, 0.25) is 0 Å². The lowest BCUT2D eigenvalue weighted by Crippen LogP contribution is -2.15. The number of nitrogens with two attached hydrogens (primary N) is 1. The Kier molecular flexibility index (Phi) is 3.89. The standard InChI is InChI=1S/C14H15FN2O/c1-2-18-11-6-3-5-10(9-11)13(16)14-12(15)7-4-8-17-14/h3-9,13H,2,16H2,1H3. The Morgan fingerprint density at radius 2 is 2.17 bits per heavy atom. The topological polar surface area (TPSA) is 48.1 Å². The van der Waals surface area contributed by atoms with Gasteiger partial charge in [-0.2, -0.15) is 0 Å². The monoisotopic (exact) mass is 246 g/mol. The number of hydrogen-bond donors (Lipinski definition) is 1. The summed E-state index contributed by atoms with van der Waals surface area (Å²) in [5.74, 6) is 0.327. The smallest absolute Gasteiger partial charge is 0.146 e. The molecule has 1 heterocycles. The zero-order valence-electron chi connectivity index (χ0n) is 10.1. The van der Waals surface area contributed by atoms with Crippen LogP contribution in [0.5, 0.6) is 5.75 Å². The van der Waals surface area contributed by atoms with Crippen molar-refractivity contribution in [2.75, 3.05) is 6.61 Å². The molecular formula is C14H15FN2O. The van der Waals surface area contributed by atoms with Gasteiger partial charge in [-0.15, -0.1) is 0 Å². The molecule has 2 N–H and O–H groups in total. The third-order valence-electron chi connectivity index (χ3n) is 2.61. The molecule has 4 heteroatoms. The van der Waals surface area contributed by atoms with Crippen LogP contribution in [-0.2, 0) is 0 Å². The summed E-state index contributed by atoms with van der Waals surface area (Å²) in [6.07, 6.45) is 1.53. The first-order valence-corrected chi connectivity index (χ1v) is 5.81. The Balaban J connectivity index is 2.31. The van der Waals surface area contributed by atoms with E-state index in [0.29, 0.717) is 6.61 Å². The normalized spacial score (nSPS) is 12.2. The highest BCUT2D eigenvalue weighted by Crippen LogP contribution is 2.23. The molecule has 0 radical (unpaired) electrons. The SMILES string of the molecule is CCOc1cccc(C(N)c2ncccc2F)c1. The molecule has 3 nitrogen and oxygen atoms in total. The molecule has 1 aromatic heterocycles. The first-order valence-electron chi connectivity index (χ1n) is 5.81. The van der Waals surface area contributed by atoms with Crippen LogP contribution in [0.1, 0.15) is 24.2 Å². The van der Waals surface area contributed by atoms with Crippen molar-refractivity contribution in [1.29, 1.82) is 0 Å². The van der Waals surface area contributed by atoms with Crippen molar-refractivity contribution in [3.05, 3.63) is 59.7 Å². The zero-order valence-corrected chi connectivity index (χ0v) is 10.1. The molecule has 2 aromatic rings. The van der Waals surface area contributed by atoms with Gasteiger partial charge in [-0.25, -0.2) is 4.39 Å². The van der Waals surface area contributed by atoms with Gasteiger partial charge in [0.2, 0.25) is 0 Å². The largest absolute Gasteiger partial charge is 0.494 e. The summed E-state index contributed by atoms with van der Waals surface area (Å²) in [5.41, 5.74) is 7.04. The summed E-state index contributed by atoms with van der Waals surface area (Å²) in [6.45, 7) is 2.49. The van der Waals surface area contributed by atoms with E-state index in [-0.39, 0.29) is 5.69 Å². The summed E-state index contributed by atoms with van der Waals surface area (Å²) in [6, 6.07) is 9.63. The second-order valence-electron chi connectivity index (χ2n) is 3.85. The fraction of sp³-hybridized carbons (Fsp3) is 0.214. The second kappa shape index (κ2) is 5.60. The van der Waals surface area contributed by atoms with Crippen molar-refractivity contribution in [2.45, 2.75) is 13.0 Å². The number of rotatable bonds is 4. The van der Waals surface area contributed by atoms with E-state index in [1.54, 1.807) is 6.07 Å². The Morgan fingerprint density at radius 3 is 2.89 bits per heavy atom. The Labute approximate surface area is 105 Å². The van der Waals surface area contributed by atoms with E-state index in [1.807, 2.05) is 31.2 Å². The molecule has 1 atom stereocenters.